The van der Waals surface area contributed by atoms with Crippen molar-refractivity contribution in [2.75, 3.05) is 11.5 Å². The van der Waals surface area contributed by atoms with Crippen LogP contribution < -0.4 is 15.1 Å². The lowest BCUT2D eigenvalue weighted by atomic mass is 10.1. The third kappa shape index (κ3) is 2.91. The second-order valence-corrected chi connectivity index (χ2v) is 5.20. The molecule has 2 aromatic carbocycles. The summed E-state index contributed by atoms with van der Waals surface area (Å²) in [6.45, 7) is 0.194. The number of nitriles is 1. The molecule has 1 heterocycles. The van der Waals surface area contributed by atoms with Crippen LogP contribution in [0.25, 0.3) is 0 Å². The summed E-state index contributed by atoms with van der Waals surface area (Å²) in [4.78, 5) is 25.3. The van der Waals surface area contributed by atoms with E-state index in [1.54, 1.807) is 35.8 Å². The third-order valence-electron chi connectivity index (χ3n) is 3.69. The van der Waals surface area contributed by atoms with Crippen LogP contribution in [0, 0.1) is 11.3 Å². The van der Waals surface area contributed by atoms with Crippen molar-refractivity contribution in [3.8, 4) is 11.8 Å². The van der Waals surface area contributed by atoms with Gasteiger partial charge in [-0.15, -0.1) is 0 Å². The van der Waals surface area contributed by atoms with Gasteiger partial charge in [-0.05, 0) is 35.9 Å². The number of ether oxygens (including phenoxy) is 1. The van der Waals surface area contributed by atoms with E-state index in [1.807, 2.05) is 6.07 Å². The second-order valence-electron chi connectivity index (χ2n) is 5.20. The van der Waals surface area contributed by atoms with Crippen LogP contribution in [0.2, 0.25) is 0 Å². The van der Waals surface area contributed by atoms with E-state index in [1.165, 1.54) is 17.0 Å². The topological polar surface area (TPSA) is 103 Å². The minimum atomic E-state index is -0.672. The maximum absolute atomic E-state index is 12.2. The first kappa shape index (κ1) is 15.5. The number of hydroxylamine groups is 1. The minimum absolute atomic E-state index is 0.0885. The first-order chi connectivity index (χ1) is 11.6. The molecule has 0 fully saturated rings. The summed E-state index contributed by atoms with van der Waals surface area (Å²) in [5.74, 6) is -0.430. The Hall–Kier alpha value is -3.37. The minimum Gasteiger partial charge on any atom is -0.482 e. The van der Waals surface area contributed by atoms with Crippen LogP contribution in [0.5, 0.6) is 5.75 Å². The molecule has 3 rings (SSSR count). The van der Waals surface area contributed by atoms with Crippen LogP contribution in [0.3, 0.4) is 0 Å². The molecule has 7 heteroatoms. The summed E-state index contributed by atoms with van der Waals surface area (Å²) in [5, 5.41) is 17.6. The first-order valence-electron chi connectivity index (χ1n) is 7.13. The lowest BCUT2D eigenvalue weighted by molar-refractivity contribution is -0.121. The molecule has 0 aromatic heterocycles. The molecule has 0 bridgehead atoms. The molecule has 2 N–H and O–H groups in total. The van der Waals surface area contributed by atoms with E-state index in [2.05, 4.69) is 0 Å². The number of carbonyl (C=O) groups is 2. The van der Waals surface area contributed by atoms with E-state index < -0.39 is 5.91 Å². The summed E-state index contributed by atoms with van der Waals surface area (Å²) in [5.41, 5.74) is 3.60. The molecule has 0 saturated heterocycles. The van der Waals surface area contributed by atoms with Crippen LogP contribution in [0.15, 0.2) is 42.5 Å². The number of rotatable bonds is 3. The number of anilines is 1. The van der Waals surface area contributed by atoms with Crippen molar-refractivity contribution >= 4 is 17.5 Å². The summed E-state index contributed by atoms with van der Waals surface area (Å²) >= 11 is 0. The lowest BCUT2D eigenvalue weighted by Gasteiger charge is -2.29. The van der Waals surface area contributed by atoms with Gasteiger partial charge in [-0.3, -0.25) is 14.8 Å². The Bertz CT molecular complexity index is 840. The molecule has 7 nitrogen and oxygen atoms in total. The van der Waals surface area contributed by atoms with Crippen molar-refractivity contribution in [3.63, 3.8) is 0 Å². The maximum atomic E-state index is 12.2. The second kappa shape index (κ2) is 6.40. The fraction of sp³-hybridized carbons (Fsp3) is 0.118. The van der Waals surface area contributed by atoms with Gasteiger partial charge in [0, 0.05) is 5.56 Å². The summed E-state index contributed by atoms with van der Waals surface area (Å²) < 4.78 is 5.38. The molecule has 24 heavy (non-hydrogen) atoms. The summed E-state index contributed by atoms with van der Waals surface area (Å²) in [6, 6.07) is 13.5. The van der Waals surface area contributed by atoms with Gasteiger partial charge in [0.05, 0.1) is 23.9 Å². The monoisotopic (exact) mass is 323 g/mol. The van der Waals surface area contributed by atoms with Gasteiger partial charge in [-0.25, -0.2) is 5.48 Å². The van der Waals surface area contributed by atoms with Gasteiger partial charge in [0.25, 0.3) is 11.8 Å². The molecule has 2 amide bonds. The number of amides is 2. The zero-order valence-corrected chi connectivity index (χ0v) is 12.5. The molecule has 1 aliphatic heterocycles. The van der Waals surface area contributed by atoms with Gasteiger partial charge >= 0.3 is 0 Å². The Labute approximate surface area is 137 Å². The summed E-state index contributed by atoms with van der Waals surface area (Å²) in [6.07, 6.45) is 0. The Morgan fingerprint density at radius 3 is 2.71 bits per heavy atom. The van der Waals surface area contributed by atoms with Crippen molar-refractivity contribution in [2.45, 2.75) is 6.54 Å². The normalized spacial score (nSPS) is 12.8. The Balaban J connectivity index is 1.94. The Morgan fingerprint density at radius 1 is 1.29 bits per heavy atom. The highest BCUT2D eigenvalue weighted by atomic mass is 16.5. The average Bonchev–Trinajstić information content (AvgIpc) is 2.63. The molecule has 2 aromatic rings. The van der Waals surface area contributed by atoms with Crippen molar-refractivity contribution in [1.82, 2.24) is 5.48 Å². The van der Waals surface area contributed by atoms with Gasteiger partial charge in [0.15, 0.2) is 6.61 Å². The van der Waals surface area contributed by atoms with Crippen LogP contribution in [0.4, 0.5) is 5.69 Å². The van der Waals surface area contributed by atoms with Gasteiger partial charge in [0.2, 0.25) is 0 Å². The molecule has 0 radical (unpaired) electrons. The molecule has 0 aliphatic carbocycles. The van der Waals surface area contributed by atoms with E-state index in [0.29, 0.717) is 17.0 Å². The molecule has 0 saturated carbocycles. The lowest BCUT2D eigenvalue weighted by Crippen LogP contribution is -2.38. The largest absolute Gasteiger partial charge is 0.482 e. The van der Waals surface area contributed by atoms with Gasteiger partial charge in [0.1, 0.15) is 5.75 Å². The zero-order chi connectivity index (χ0) is 17.1. The van der Waals surface area contributed by atoms with E-state index in [4.69, 9.17) is 15.2 Å². The van der Waals surface area contributed by atoms with Crippen LogP contribution in [-0.2, 0) is 11.3 Å². The van der Waals surface area contributed by atoms with E-state index in [-0.39, 0.29) is 24.6 Å². The van der Waals surface area contributed by atoms with Crippen LogP contribution in [0.1, 0.15) is 21.5 Å². The highest BCUT2D eigenvalue weighted by molar-refractivity contribution is 6.01. The smallest absolute Gasteiger partial charge is 0.274 e. The highest BCUT2D eigenvalue weighted by Crippen LogP contribution is 2.34. The first-order valence-corrected chi connectivity index (χ1v) is 7.13. The quantitative estimate of drug-likeness (QED) is 0.660. The SMILES string of the molecule is N#Cc1ccc(CN2C(=O)COc3ccc(C(=O)NO)cc32)cc1. The van der Waals surface area contributed by atoms with Gasteiger partial charge < -0.3 is 9.64 Å². The zero-order valence-electron chi connectivity index (χ0n) is 12.5. The number of hydrogen-bond acceptors (Lipinski definition) is 5. The van der Waals surface area contributed by atoms with E-state index in [0.717, 1.165) is 5.56 Å². The Morgan fingerprint density at radius 2 is 2.04 bits per heavy atom. The van der Waals surface area contributed by atoms with Crippen LogP contribution in [-0.4, -0.2) is 23.6 Å². The number of fused-ring (bicyclic) bond motifs is 1. The van der Waals surface area contributed by atoms with Crippen molar-refractivity contribution < 1.29 is 19.5 Å². The molecule has 0 atom stereocenters. The number of hydrogen-bond donors (Lipinski definition) is 2. The fourth-order valence-corrected chi connectivity index (χ4v) is 2.45. The Kier molecular flexibility index (Phi) is 4.14. The standard InChI is InChI=1S/C17H13N3O4/c18-8-11-1-3-12(4-2-11)9-20-14-7-13(17(22)19-23)5-6-15(14)24-10-16(20)21/h1-7,23H,9-10H2,(H,19,22). The average molecular weight is 323 g/mol. The van der Waals surface area contributed by atoms with E-state index in [9.17, 15) is 9.59 Å². The molecule has 1 aliphatic rings. The molecular weight excluding hydrogens is 310 g/mol. The number of nitrogens with zero attached hydrogens (tertiary/aromatic N) is 2. The molecule has 120 valence electrons. The third-order valence-corrected chi connectivity index (χ3v) is 3.69. The predicted molar refractivity (Wildman–Crippen MR) is 83.5 cm³/mol. The van der Waals surface area contributed by atoms with Crippen molar-refractivity contribution in [1.29, 1.82) is 5.26 Å². The van der Waals surface area contributed by atoms with E-state index >= 15 is 0 Å². The van der Waals surface area contributed by atoms with Gasteiger partial charge in [-0.2, -0.15) is 5.26 Å². The molecule has 0 unspecified atom stereocenters. The highest BCUT2D eigenvalue weighted by Gasteiger charge is 2.26. The maximum Gasteiger partial charge on any atom is 0.274 e. The predicted octanol–water partition coefficient (Wildman–Crippen LogP) is 1.60. The van der Waals surface area contributed by atoms with Crippen molar-refractivity contribution in [3.05, 3.63) is 59.2 Å². The number of nitrogens with one attached hydrogen (secondary N) is 1. The molecular formula is C17H13N3O4. The van der Waals surface area contributed by atoms with Gasteiger partial charge in [-0.1, -0.05) is 12.1 Å². The number of benzene rings is 2. The number of carbonyl (C=O) groups excluding carboxylic acids is 2. The molecule has 0 spiro atoms. The van der Waals surface area contributed by atoms with Crippen LogP contribution >= 0.6 is 0 Å². The fourth-order valence-electron chi connectivity index (χ4n) is 2.45. The summed E-state index contributed by atoms with van der Waals surface area (Å²) in [7, 11) is 0. The van der Waals surface area contributed by atoms with Crippen molar-refractivity contribution in [2.24, 2.45) is 0 Å².